The summed E-state index contributed by atoms with van der Waals surface area (Å²) >= 11 is 0. The Morgan fingerprint density at radius 3 is 2.62 bits per heavy atom. The summed E-state index contributed by atoms with van der Waals surface area (Å²) in [5, 5.41) is 1.01. The molecule has 4 rings (SSSR count). The summed E-state index contributed by atoms with van der Waals surface area (Å²) in [6.07, 6.45) is 5.86. The zero-order valence-electron chi connectivity index (χ0n) is 16.7. The summed E-state index contributed by atoms with van der Waals surface area (Å²) in [7, 11) is 0. The molecule has 3 N–H and O–H groups in total. The van der Waals surface area contributed by atoms with Gasteiger partial charge in [-0.25, -0.2) is 4.39 Å². The maximum absolute atomic E-state index is 14.6. The number of ether oxygens (including phenoxy) is 1. The van der Waals surface area contributed by atoms with Crippen LogP contribution in [0.15, 0.2) is 59.5 Å². The average molecular weight is 394 g/mol. The first kappa shape index (κ1) is 19.6. The number of hydrogen-bond donors (Lipinski definition) is 2. The minimum atomic E-state index is -0.501. The molecule has 1 saturated carbocycles. The lowest BCUT2D eigenvalue weighted by atomic mass is 9.64. The summed E-state index contributed by atoms with van der Waals surface area (Å²) in [4.78, 5) is 14.4. The van der Waals surface area contributed by atoms with Gasteiger partial charge in [-0.3, -0.25) is 4.79 Å². The van der Waals surface area contributed by atoms with Gasteiger partial charge in [-0.2, -0.15) is 0 Å². The number of H-pyrrole nitrogens is 1. The molecule has 1 aromatic heterocycles. The van der Waals surface area contributed by atoms with Gasteiger partial charge in [0.15, 0.2) is 11.6 Å². The topological polar surface area (TPSA) is 68.1 Å². The van der Waals surface area contributed by atoms with Crippen LogP contribution in [-0.4, -0.2) is 17.1 Å². The standard InChI is InChI=1S/C24H27FN2O2/c1-2-22(26)24(17-6-4-3-5-7-17)11-8-18(9-12-24)29-21-14-16-10-13-27-23(28)19(16)15-20(21)25/h3-7,10,13-15,18,22H,2,8-9,11-12,26H2,1H3,(H,27,28)/t18?,22-,24?/m1/s1. The van der Waals surface area contributed by atoms with Gasteiger partial charge in [0.25, 0.3) is 5.56 Å². The smallest absolute Gasteiger partial charge is 0.255 e. The van der Waals surface area contributed by atoms with E-state index in [0.717, 1.165) is 32.1 Å². The predicted octanol–water partition coefficient (Wildman–Crippen LogP) is 4.66. The maximum Gasteiger partial charge on any atom is 0.255 e. The van der Waals surface area contributed by atoms with Gasteiger partial charge in [0.05, 0.1) is 11.5 Å². The van der Waals surface area contributed by atoms with Crippen molar-refractivity contribution in [1.82, 2.24) is 4.98 Å². The van der Waals surface area contributed by atoms with Crippen molar-refractivity contribution in [2.24, 2.45) is 5.73 Å². The van der Waals surface area contributed by atoms with Crippen molar-refractivity contribution in [2.45, 2.75) is 56.6 Å². The molecule has 2 aromatic carbocycles. The number of aromatic amines is 1. The summed E-state index contributed by atoms with van der Waals surface area (Å²) in [6.45, 7) is 2.13. The quantitative estimate of drug-likeness (QED) is 0.661. The van der Waals surface area contributed by atoms with Gasteiger partial charge < -0.3 is 15.5 Å². The number of fused-ring (bicyclic) bond motifs is 1. The second-order valence-electron chi connectivity index (χ2n) is 8.03. The van der Waals surface area contributed by atoms with E-state index in [-0.39, 0.29) is 28.9 Å². The van der Waals surface area contributed by atoms with Crippen LogP contribution in [0.2, 0.25) is 0 Å². The summed E-state index contributed by atoms with van der Waals surface area (Å²) in [6, 6.07) is 15.2. The molecular formula is C24H27FN2O2. The highest BCUT2D eigenvalue weighted by atomic mass is 19.1. The molecule has 0 spiro atoms. The number of nitrogens with two attached hydrogens (primary N) is 1. The van der Waals surface area contributed by atoms with Crippen LogP contribution in [0.1, 0.15) is 44.6 Å². The average Bonchev–Trinajstić information content (AvgIpc) is 2.76. The van der Waals surface area contributed by atoms with E-state index in [1.54, 1.807) is 18.3 Å². The normalized spacial score (nSPS) is 23.1. The molecule has 0 unspecified atom stereocenters. The van der Waals surface area contributed by atoms with Crippen LogP contribution in [0, 0.1) is 5.82 Å². The minimum Gasteiger partial charge on any atom is -0.487 e. The fourth-order valence-corrected chi connectivity index (χ4v) is 4.72. The summed E-state index contributed by atoms with van der Waals surface area (Å²) < 4.78 is 20.6. The predicted molar refractivity (Wildman–Crippen MR) is 114 cm³/mol. The lowest BCUT2D eigenvalue weighted by Gasteiger charge is -2.44. The third kappa shape index (κ3) is 3.67. The van der Waals surface area contributed by atoms with Crippen LogP contribution in [0.5, 0.6) is 5.75 Å². The van der Waals surface area contributed by atoms with Gasteiger partial charge in [0, 0.05) is 17.7 Å². The van der Waals surface area contributed by atoms with Crippen molar-refractivity contribution in [3.8, 4) is 5.75 Å². The van der Waals surface area contributed by atoms with Crippen LogP contribution in [0.3, 0.4) is 0 Å². The molecule has 0 saturated heterocycles. The molecule has 0 aliphatic heterocycles. The Balaban J connectivity index is 1.54. The molecule has 0 radical (unpaired) electrons. The van der Waals surface area contributed by atoms with Gasteiger partial charge in [0.1, 0.15) is 0 Å². The lowest BCUT2D eigenvalue weighted by Crippen LogP contribution is -2.48. The first-order valence-electron chi connectivity index (χ1n) is 10.3. The highest BCUT2D eigenvalue weighted by Crippen LogP contribution is 2.43. The van der Waals surface area contributed by atoms with Crippen molar-refractivity contribution in [3.63, 3.8) is 0 Å². The molecule has 1 aliphatic rings. The summed E-state index contributed by atoms with van der Waals surface area (Å²) in [5.74, 6) is -0.292. The fraction of sp³-hybridized carbons (Fsp3) is 0.375. The van der Waals surface area contributed by atoms with E-state index in [9.17, 15) is 9.18 Å². The van der Waals surface area contributed by atoms with Gasteiger partial charge in [0.2, 0.25) is 0 Å². The molecule has 152 valence electrons. The third-order valence-electron chi connectivity index (χ3n) is 6.44. The number of benzene rings is 2. The zero-order valence-corrected chi connectivity index (χ0v) is 16.7. The van der Waals surface area contributed by atoms with Crippen LogP contribution in [-0.2, 0) is 5.41 Å². The Labute approximate surface area is 169 Å². The van der Waals surface area contributed by atoms with E-state index in [0.29, 0.717) is 10.8 Å². The van der Waals surface area contributed by atoms with Crippen LogP contribution in [0.25, 0.3) is 10.8 Å². The Morgan fingerprint density at radius 1 is 1.21 bits per heavy atom. The van der Waals surface area contributed by atoms with Crippen molar-refractivity contribution < 1.29 is 9.13 Å². The van der Waals surface area contributed by atoms with Crippen molar-refractivity contribution >= 4 is 10.8 Å². The molecule has 3 aromatic rings. The first-order valence-corrected chi connectivity index (χ1v) is 10.3. The van der Waals surface area contributed by atoms with Crippen molar-refractivity contribution in [1.29, 1.82) is 0 Å². The van der Waals surface area contributed by atoms with Crippen molar-refractivity contribution in [3.05, 3.63) is 76.5 Å². The van der Waals surface area contributed by atoms with Gasteiger partial charge in [-0.1, -0.05) is 37.3 Å². The number of aromatic nitrogens is 1. The maximum atomic E-state index is 14.6. The van der Waals surface area contributed by atoms with Gasteiger partial charge >= 0.3 is 0 Å². The third-order valence-corrected chi connectivity index (χ3v) is 6.44. The molecule has 4 nitrogen and oxygen atoms in total. The fourth-order valence-electron chi connectivity index (χ4n) is 4.72. The number of rotatable bonds is 5. The molecule has 1 fully saturated rings. The summed E-state index contributed by atoms with van der Waals surface area (Å²) in [5.41, 5.74) is 7.50. The second kappa shape index (κ2) is 7.99. The Morgan fingerprint density at radius 2 is 1.93 bits per heavy atom. The van der Waals surface area contributed by atoms with E-state index in [2.05, 4.69) is 36.2 Å². The Bertz CT molecular complexity index is 1040. The molecule has 1 atom stereocenters. The van der Waals surface area contributed by atoms with E-state index in [4.69, 9.17) is 10.5 Å². The Hall–Kier alpha value is -2.66. The van der Waals surface area contributed by atoms with Gasteiger partial charge in [-0.05, 0) is 61.3 Å². The van der Waals surface area contributed by atoms with Crippen LogP contribution < -0.4 is 16.0 Å². The molecule has 1 aliphatic carbocycles. The first-order chi connectivity index (χ1) is 14.0. The number of nitrogens with one attached hydrogen (secondary N) is 1. The SMILES string of the molecule is CC[C@@H](N)C1(c2ccccc2)CCC(Oc2cc3cc[nH]c(=O)c3cc2F)CC1. The highest BCUT2D eigenvalue weighted by molar-refractivity contribution is 5.82. The largest absolute Gasteiger partial charge is 0.487 e. The Kier molecular flexibility index (Phi) is 5.41. The van der Waals surface area contributed by atoms with Crippen LogP contribution >= 0.6 is 0 Å². The molecule has 0 amide bonds. The highest BCUT2D eigenvalue weighted by Gasteiger charge is 2.41. The van der Waals surface area contributed by atoms with E-state index < -0.39 is 5.82 Å². The number of hydrogen-bond acceptors (Lipinski definition) is 3. The van der Waals surface area contributed by atoms with Crippen molar-refractivity contribution in [2.75, 3.05) is 0 Å². The molecule has 0 bridgehead atoms. The molecular weight excluding hydrogens is 367 g/mol. The van der Waals surface area contributed by atoms with E-state index in [1.807, 2.05) is 6.07 Å². The molecule has 1 heterocycles. The monoisotopic (exact) mass is 394 g/mol. The molecule has 5 heteroatoms. The zero-order chi connectivity index (χ0) is 20.4. The second-order valence-corrected chi connectivity index (χ2v) is 8.03. The number of halogens is 1. The van der Waals surface area contributed by atoms with E-state index in [1.165, 1.54) is 11.6 Å². The molecule has 29 heavy (non-hydrogen) atoms. The van der Waals surface area contributed by atoms with E-state index >= 15 is 0 Å². The minimum absolute atomic E-state index is 0.0644. The lowest BCUT2D eigenvalue weighted by molar-refractivity contribution is 0.100. The number of pyridine rings is 1. The van der Waals surface area contributed by atoms with Crippen LogP contribution in [0.4, 0.5) is 4.39 Å². The van der Waals surface area contributed by atoms with Gasteiger partial charge in [-0.15, -0.1) is 0 Å².